The largest absolute Gasteiger partial charge is 0.369 e. The van der Waals surface area contributed by atoms with Crippen LogP contribution >= 0.6 is 0 Å². The smallest absolute Gasteiger partial charge is 0.224 e. The van der Waals surface area contributed by atoms with Crippen molar-refractivity contribution < 1.29 is 4.79 Å². The Bertz CT molecular complexity index is 514. The van der Waals surface area contributed by atoms with Crippen LogP contribution in [0.3, 0.4) is 0 Å². The number of carbonyl (C=O) groups excluding carboxylic acids is 1. The first-order valence-electron chi connectivity index (χ1n) is 7.08. The maximum atomic E-state index is 11.6. The summed E-state index contributed by atoms with van der Waals surface area (Å²) in [5.41, 5.74) is 7.46. The minimum atomic E-state index is -0.525. The number of nitrogens with zero attached hydrogens (tertiary/aromatic N) is 2. The van der Waals surface area contributed by atoms with Crippen LogP contribution in [0, 0.1) is 5.41 Å². The molecule has 0 spiro atoms. The molecule has 0 bridgehead atoms. The molecule has 1 aliphatic carbocycles. The lowest BCUT2D eigenvalue weighted by Gasteiger charge is -2.25. The number of carbonyl (C=O) groups is 1. The standard InChI is InChI=1S/C14H22N4O/c1-14(2,13(15)19)8-18-11-5-6-16-7-10(11)17-12(18)9-3-4-9/h9,16H,3-8H2,1-2H3,(H2,15,19). The topological polar surface area (TPSA) is 72.9 Å². The van der Waals surface area contributed by atoms with E-state index in [4.69, 9.17) is 10.7 Å². The molecule has 104 valence electrons. The van der Waals surface area contributed by atoms with E-state index in [0.717, 1.165) is 25.2 Å². The van der Waals surface area contributed by atoms with Gasteiger partial charge in [-0.2, -0.15) is 0 Å². The second kappa shape index (κ2) is 4.34. The van der Waals surface area contributed by atoms with Gasteiger partial charge in [0.05, 0.1) is 11.1 Å². The fourth-order valence-electron chi connectivity index (χ4n) is 2.69. The minimum absolute atomic E-state index is 0.245. The summed E-state index contributed by atoms with van der Waals surface area (Å²) in [6, 6.07) is 0. The van der Waals surface area contributed by atoms with E-state index in [1.54, 1.807) is 0 Å². The molecule has 5 nitrogen and oxygen atoms in total. The van der Waals surface area contributed by atoms with Crippen LogP contribution in [0.2, 0.25) is 0 Å². The highest BCUT2D eigenvalue weighted by atomic mass is 16.1. The normalized spacial score (nSPS) is 19.3. The molecule has 1 amide bonds. The molecular weight excluding hydrogens is 240 g/mol. The van der Waals surface area contributed by atoms with Crippen molar-refractivity contribution >= 4 is 5.91 Å². The quantitative estimate of drug-likeness (QED) is 0.847. The Kier molecular flexibility index (Phi) is 2.89. The third-order valence-corrected chi connectivity index (χ3v) is 4.18. The summed E-state index contributed by atoms with van der Waals surface area (Å²) in [5, 5.41) is 3.36. The first-order chi connectivity index (χ1) is 8.99. The number of primary amides is 1. The van der Waals surface area contributed by atoms with Crippen LogP contribution in [-0.4, -0.2) is 22.0 Å². The number of imidazole rings is 1. The highest BCUT2D eigenvalue weighted by molar-refractivity contribution is 5.79. The van der Waals surface area contributed by atoms with E-state index >= 15 is 0 Å². The molecule has 0 saturated heterocycles. The van der Waals surface area contributed by atoms with Crippen molar-refractivity contribution in [1.29, 1.82) is 0 Å². The predicted octanol–water partition coefficient (Wildman–Crippen LogP) is 0.918. The van der Waals surface area contributed by atoms with Crippen LogP contribution in [0.1, 0.15) is 49.8 Å². The monoisotopic (exact) mass is 262 g/mol. The van der Waals surface area contributed by atoms with Crippen LogP contribution in [0.25, 0.3) is 0 Å². The second-order valence-corrected chi connectivity index (χ2v) is 6.40. The van der Waals surface area contributed by atoms with Gasteiger partial charge in [0.1, 0.15) is 5.82 Å². The van der Waals surface area contributed by atoms with E-state index in [0.29, 0.717) is 12.5 Å². The van der Waals surface area contributed by atoms with Gasteiger partial charge in [-0.05, 0) is 26.7 Å². The van der Waals surface area contributed by atoms with Gasteiger partial charge in [0.25, 0.3) is 0 Å². The van der Waals surface area contributed by atoms with Crippen molar-refractivity contribution in [3.63, 3.8) is 0 Å². The van der Waals surface area contributed by atoms with Crippen LogP contribution in [0.4, 0.5) is 0 Å². The van der Waals surface area contributed by atoms with Crippen LogP contribution in [-0.2, 0) is 24.3 Å². The van der Waals surface area contributed by atoms with Crippen molar-refractivity contribution in [3.05, 3.63) is 17.2 Å². The third kappa shape index (κ3) is 2.27. The Morgan fingerprint density at radius 1 is 1.53 bits per heavy atom. The van der Waals surface area contributed by atoms with Gasteiger partial charge >= 0.3 is 0 Å². The molecule has 1 aliphatic heterocycles. The van der Waals surface area contributed by atoms with E-state index < -0.39 is 5.41 Å². The summed E-state index contributed by atoms with van der Waals surface area (Å²) in [5.74, 6) is 1.52. The van der Waals surface area contributed by atoms with Crippen molar-refractivity contribution in [1.82, 2.24) is 14.9 Å². The zero-order valence-electron chi connectivity index (χ0n) is 11.7. The number of aromatic nitrogens is 2. The number of rotatable bonds is 4. The molecule has 3 rings (SSSR count). The number of hydrogen-bond acceptors (Lipinski definition) is 3. The third-order valence-electron chi connectivity index (χ3n) is 4.18. The first kappa shape index (κ1) is 12.7. The molecule has 2 aliphatic rings. The van der Waals surface area contributed by atoms with E-state index in [2.05, 4.69) is 9.88 Å². The minimum Gasteiger partial charge on any atom is -0.369 e. The maximum absolute atomic E-state index is 11.6. The lowest BCUT2D eigenvalue weighted by atomic mass is 9.92. The van der Waals surface area contributed by atoms with Crippen molar-refractivity contribution in [2.24, 2.45) is 11.1 Å². The van der Waals surface area contributed by atoms with Gasteiger partial charge < -0.3 is 15.6 Å². The van der Waals surface area contributed by atoms with Crippen LogP contribution in [0.15, 0.2) is 0 Å². The Morgan fingerprint density at radius 2 is 2.26 bits per heavy atom. The zero-order chi connectivity index (χ0) is 13.6. The number of fused-ring (bicyclic) bond motifs is 1. The molecule has 1 fully saturated rings. The molecule has 0 radical (unpaired) electrons. The van der Waals surface area contributed by atoms with Crippen molar-refractivity contribution in [2.75, 3.05) is 6.54 Å². The summed E-state index contributed by atoms with van der Waals surface area (Å²) in [4.78, 5) is 16.4. The number of hydrogen-bond donors (Lipinski definition) is 2. The molecular formula is C14H22N4O. The lowest BCUT2D eigenvalue weighted by Crippen LogP contribution is -2.36. The highest BCUT2D eigenvalue weighted by Gasteiger charge is 2.35. The van der Waals surface area contributed by atoms with Crippen molar-refractivity contribution in [2.45, 2.75) is 52.1 Å². The van der Waals surface area contributed by atoms with Gasteiger partial charge in [-0.1, -0.05) is 0 Å². The molecule has 1 saturated carbocycles. The number of amides is 1. The molecule has 2 heterocycles. The molecule has 19 heavy (non-hydrogen) atoms. The summed E-state index contributed by atoms with van der Waals surface area (Å²) < 4.78 is 2.28. The van der Waals surface area contributed by atoms with E-state index in [-0.39, 0.29) is 5.91 Å². The zero-order valence-corrected chi connectivity index (χ0v) is 11.7. The van der Waals surface area contributed by atoms with E-state index in [1.807, 2.05) is 13.8 Å². The lowest BCUT2D eigenvalue weighted by molar-refractivity contribution is -0.126. The van der Waals surface area contributed by atoms with Gasteiger partial charge in [0.15, 0.2) is 0 Å². The Labute approximate surface area is 113 Å². The van der Waals surface area contributed by atoms with Crippen LogP contribution < -0.4 is 11.1 Å². The maximum Gasteiger partial charge on any atom is 0.224 e. The Morgan fingerprint density at radius 3 is 2.89 bits per heavy atom. The molecule has 0 atom stereocenters. The molecule has 1 aromatic heterocycles. The molecule has 3 N–H and O–H groups in total. The number of nitrogens with two attached hydrogens (primary N) is 1. The second-order valence-electron chi connectivity index (χ2n) is 6.40. The van der Waals surface area contributed by atoms with Crippen LogP contribution in [0.5, 0.6) is 0 Å². The SMILES string of the molecule is CC(C)(Cn1c(C2CC2)nc2c1CCNC2)C(N)=O. The van der Waals surface area contributed by atoms with Gasteiger partial charge in [0.2, 0.25) is 5.91 Å². The molecule has 0 unspecified atom stereocenters. The fraction of sp³-hybridized carbons (Fsp3) is 0.714. The molecule has 1 aromatic rings. The Balaban J connectivity index is 1.98. The van der Waals surface area contributed by atoms with E-state index in [9.17, 15) is 4.79 Å². The summed E-state index contributed by atoms with van der Waals surface area (Å²) in [7, 11) is 0. The summed E-state index contributed by atoms with van der Waals surface area (Å²) in [6.45, 7) is 6.31. The molecule has 0 aromatic carbocycles. The Hall–Kier alpha value is -1.36. The first-order valence-corrected chi connectivity index (χ1v) is 7.08. The highest BCUT2D eigenvalue weighted by Crippen LogP contribution is 2.41. The fourth-order valence-corrected chi connectivity index (χ4v) is 2.69. The summed E-state index contributed by atoms with van der Waals surface area (Å²) in [6.07, 6.45) is 3.44. The van der Waals surface area contributed by atoms with Gasteiger partial charge in [-0.15, -0.1) is 0 Å². The van der Waals surface area contributed by atoms with Crippen molar-refractivity contribution in [3.8, 4) is 0 Å². The van der Waals surface area contributed by atoms with E-state index in [1.165, 1.54) is 24.4 Å². The summed E-state index contributed by atoms with van der Waals surface area (Å²) >= 11 is 0. The average molecular weight is 262 g/mol. The van der Waals surface area contributed by atoms with Gasteiger partial charge in [0, 0.05) is 37.7 Å². The number of nitrogens with one attached hydrogen (secondary N) is 1. The average Bonchev–Trinajstić information content (AvgIpc) is 3.14. The molecule has 5 heteroatoms. The predicted molar refractivity (Wildman–Crippen MR) is 72.6 cm³/mol. The van der Waals surface area contributed by atoms with Gasteiger partial charge in [-0.3, -0.25) is 4.79 Å². The van der Waals surface area contributed by atoms with Gasteiger partial charge in [-0.25, -0.2) is 4.98 Å².